The van der Waals surface area contributed by atoms with Crippen molar-refractivity contribution in [1.29, 1.82) is 0 Å². The van der Waals surface area contributed by atoms with Crippen LogP contribution >= 0.6 is 0 Å². The van der Waals surface area contributed by atoms with E-state index in [0.29, 0.717) is 28.9 Å². The molecule has 2 aromatic carbocycles. The first kappa shape index (κ1) is 15.3. The van der Waals surface area contributed by atoms with Crippen molar-refractivity contribution in [2.75, 3.05) is 7.11 Å². The number of Topliss-reactive ketones (excluding diaryl/α,β-unsaturated/α-hetero) is 1. The van der Waals surface area contributed by atoms with Crippen molar-refractivity contribution in [3.63, 3.8) is 0 Å². The van der Waals surface area contributed by atoms with Crippen molar-refractivity contribution >= 4 is 11.9 Å². The summed E-state index contributed by atoms with van der Waals surface area (Å²) in [7, 11) is 1.55. The predicted molar refractivity (Wildman–Crippen MR) is 80.4 cm³/mol. The molecule has 23 heavy (non-hydrogen) atoms. The standard InChI is InChI=1S/C18H13F3O2/c1-23-15-6-7-16-12(10-15)9-13(17(16)22)8-11-2-4-14(5-3-11)18(19,20)21/h2-8,10H,9H2,1H3. The summed E-state index contributed by atoms with van der Waals surface area (Å²) in [5.74, 6) is 0.579. The predicted octanol–water partition coefficient (Wildman–Crippen LogP) is 4.54. The van der Waals surface area contributed by atoms with Crippen LogP contribution in [-0.4, -0.2) is 12.9 Å². The van der Waals surface area contributed by atoms with E-state index in [0.717, 1.165) is 17.7 Å². The number of alkyl halides is 3. The highest BCUT2D eigenvalue weighted by molar-refractivity contribution is 6.15. The molecule has 0 saturated carbocycles. The molecule has 0 aliphatic heterocycles. The quantitative estimate of drug-likeness (QED) is 0.760. The highest BCUT2D eigenvalue weighted by atomic mass is 19.4. The second kappa shape index (κ2) is 5.57. The minimum Gasteiger partial charge on any atom is -0.497 e. The van der Waals surface area contributed by atoms with Gasteiger partial charge in [0.05, 0.1) is 12.7 Å². The molecule has 2 aromatic rings. The number of carbonyl (C=O) groups excluding carboxylic acids is 1. The Kier molecular flexibility index (Phi) is 3.72. The summed E-state index contributed by atoms with van der Waals surface area (Å²) in [6.45, 7) is 0. The molecule has 0 N–H and O–H groups in total. The van der Waals surface area contributed by atoms with Crippen LogP contribution in [0.15, 0.2) is 48.0 Å². The van der Waals surface area contributed by atoms with Crippen molar-refractivity contribution in [3.05, 3.63) is 70.3 Å². The molecule has 0 aromatic heterocycles. The summed E-state index contributed by atoms with van der Waals surface area (Å²) in [4.78, 5) is 12.3. The van der Waals surface area contributed by atoms with E-state index >= 15 is 0 Å². The second-order valence-corrected chi connectivity index (χ2v) is 5.32. The van der Waals surface area contributed by atoms with E-state index < -0.39 is 11.7 Å². The molecule has 0 atom stereocenters. The van der Waals surface area contributed by atoms with Gasteiger partial charge in [-0.1, -0.05) is 12.1 Å². The lowest BCUT2D eigenvalue weighted by molar-refractivity contribution is -0.137. The molecule has 0 saturated heterocycles. The van der Waals surface area contributed by atoms with Gasteiger partial charge < -0.3 is 4.74 Å². The molecule has 0 spiro atoms. The number of benzene rings is 2. The van der Waals surface area contributed by atoms with Gasteiger partial charge in [-0.05, 0) is 47.5 Å². The zero-order valence-electron chi connectivity index (χ0n) is 12.3. The van der Waals surface area contributed by atoms with Crippen molar-refractivity contribution in [2.24, 2.45) is 0 Å². The van der Waals surface area contributed by atoms with E-state index in [1.54, 1.807) is 31.4 Å². The van der Waals surface area contributed by atoms with Crippen LogP contribution in [0, 0.1) is 0 Å². The molecule has 0 fully saturated rings. The van der Waals surface area contributed by atoms with Gasteiger partial charge >= 0.3 is 6.18 Å². The number of hydrogen-bond acceptors (Lipinski definition) is 2. The van der Waals surface area contributed by atoms with Gasteiger partial charge in [0.2, 0.25) is 0 Å². The van der Waals surface area contributed by atoms with E-state index in [-0.39, 0.29) is 5.78 Å². The van der Waals surface area contributed by atoms with Gasteiger partial charge in [0.25, 0.3) is 0 Å². The Morgan fingerprint density at radius 2 is 1.78 bits per heavy atom. The fraction of sp³-hybridized carbons (Fsp3) is 0.167. The van der Waals surface area contributed by atoms with Gasteiger partial charge in [0, 0.05) is 17.6 Å². The number of methoxy groups -OCH3 is 1. The number of allylic oxidation sites excluding steroid dienone is 1. The van der Waals surface area contributed by atoms with E-state index in [1.165, 1.54) is 12.1 Å². The van der Waals surface area contributed by atoms with Gasteiger partial charge in [-0.15, -0.1) is 0 Å². The summed E-state index contributed by atoms with van der Waals surface area (Å²) in [5.41, 5.74) is 1.91. The first-order chi connectivity index (χ1) is 10.9. The Hall–Kier alpha value is -2.56. The van der Waals surface area contributed by atoms with Gasteiger partial charge in [-0.3, -0.25) is 4.79 Å². The Morgan fingerprint density at radius 3 is 2.39 bits per heavy atom. The third-order valence-electron chi connectivity index (χ3n) is 3.81. The summed E-state index contributed by atoms with van der Waals surface area (Å²) < 4.78 is 42.8. The highest BCUT2D eigenvalue weighted by Crippen LogP contribution is 2.32. The van der Waals surface area contributed by atoms with E-state index in [4.69, 9.17) is 4.74 Å². The molecule has 0 amide bonds. The minimum atomic E-state index is -4.36. The maximum Gasteiger partial charge on any atom is 0.416 e. The van der Waals surface area contributed by atoms with Gasteiger partial charge in [0.15, 0.2) is 5.78 Å². The number of hydrogen-bond donors (Lipinski definition) is 0. The zero-order chi connectivity index (χ0) is 16.6. The monoisotopic (exact) mass is 318 g/mol. The van der Waals surface area contributed by atoms with Crippen LogP contribution in [0.25, 0.3) is 6.08 Å². The molecule has 0 bridgehead atoms. The average molecular weight is 318 g/mol. The highest BCUT2D eigenvalue weighted by Gasteiger charge is 2.30. The molecule has 2 nitrogen and oxygen atoms in total. The van der Waals surface area contributed by atoms with Crippen molar-refractivity contribution in [3.8, 4) is 5.75 Å². The lowest BCUT2D eigenvalue weighted by atomic mass is 10.1. The van der Waals surface area contributed by atoms with Gasteiger partial charge in [0.1, 0.15) is 5.75 Å². The Labute approximate surface area is 131 Å². The van der Waals surface area contributed by atoms with Crippen LogP contribution in [-0.2, 0) is 12.6 Å². The maximum absolute atomic E-state index is 12.6. The summed E-state index contributed by atoms with van der Waals surface area (Å²) in [6.07, 6.45) is -2.27. The normalized spacial score (nSPS) is 15.8. The van der Waals surface area contributed by atoms with Crippen molar-refractivity contribution in [1.82, 2.24) is 0 Å². The molecule has 0 radical (unpaired) electrons. The van der Waals surface area contributed by atoms with Crippen molar-refractivity contribution < 1.29 is 22.7 Å². The molecular weight excluding hydrogens is 305 g/mol. The van der Waals surface area contributed by atoms with Crippen LogP contribution in [0.1, 0.15) is 27.0 Å². The first-order valence-electron chi connectivity index (χ1n) is 6.98. The molecule has 3 rings (SSSR count). The average Bonchev–Trinajstić information content (AvgIpc) is 2.82. The lowest BCUT2D eigenvalue weighted by Crippen LogP contribution is -2.04. The summed E-state index contributed by atoms with van der Waals surface area (Å²) in [6, 6.07) is 10.0. The number of ether oxygens (including phenoxy) is 1. The topological polar surface area (TPSA) is 26.3 Å². The van der Waals surface area contributed by atoms with Crippen LogP contribution in [0.2, 0.25) is 0 Å². The minimum absolute atomic E-state index is 0.0949. The largest absolute Gasteiger partial charge is 0.497 e. The molecule has 5 heteroatoms. The third kappa shape index (κ3) is 2.99. The lowest BCUT2D eigenvalue weighted by Gasteiger charge is -2.06. The second-order valence-electron chi connectivity index (χ2n) is 5.32. The third-order valence-corrected chi connectivity index (χ3v) is 3.81. The molecular formula is C18H13F3O2. The summed E-state index contributed by atoms with van der Waals surface area (Å²) >= 11 is 0. The summed E-state index contributed by atoms with van der Waals surface area (Å²) in [5, 5.41) is 0. The first-order valence-corrected chi connectivity index (χ1v) is 6.98. The Bertz CT molecular complexity index is 787. The maximum atomic E-state index is 12.6. The van der Waals surface area contributed by atoms with Gasteiger partial charge in [-0.25, -0.2) is 0 Å². The fourth-order valence-electron chi connectivity index (χ4n) is 2.61. The zero-order valence-corrected chi connectivity index (χ0v) is 12.3. The van der Waals surface area contributed by atoms with Crippen LogP contribution < -0.4 is 4.74 Å². The fourth-order valence-corrected chi connectivity index (χ4v) is 2.61. The molecule has 1 aliphatic rings. The SMILES string of the molecule is COc1ccc2c(c1)CC(=Cc1ccc(C(F)(F)F)cc1)C2=O. The van der Waals surface area contributed by atoms with Crippen molar-refractivity contribution in [2.45, 2.75) is 12.6 Å². The van der Waals surface area contributed by atoms with Crippen LogP contribution in [0.5, 0.6) is 5.75 Å². The van der Waals surface area contributed by atoms with Crippen LogP contribution in [0.3, 0.4) is 0 Å². The molecule has 0 unspecified atom stereocenters. The van der Waals surface area contributed by atoms with E-state index in [2.05, 4.69) is 0 Å². The molecule has 0 heterocycles. The number of halogens is 3. The van der Waals surface area contributed by atoms with E-state index in [1.807, 2.05) is 0 Å². The number of ketones is 1. The Balaban J connectivity index is 1.88. The number of fused-ring (bicyclic) bond motifs is 1. The number of rotatable bonds is 2. The Morgan fingerprint density at radius 1 is 1.09 bits per heavy atom. The molecule has 1 aliphatic carbocycles. The van der Waals surface area contributed by atoms with Gasteiger partial charge in [-0.2, -0.15) is 13.2 Å². The van der Waals surface area contributed by atoms with Crippen LogP contribution in [0.4, 0.5) is 13.2 Å². The number of carbonyl (C=O) groups is 1. The van der Waals surface area contributed by atoms with E-state index in [9.17, 15) is 18.0 Å². The molecule has 118 valence electrons. The smallest absolute Gasteiger partial charge is 0.416 e.